The lowest BCUT2D eigenvalue weighted by Gasteiger charge is -2.22. The molecule has 0 rings (SSSR count). The lowest BCUT2D eigenvalue weighted by atomic mass is 10.0. The van der Waals surface area contributed by atoms with Gasteiger partial charge in [0.2, 0.25) is 5.91 Å². The molecular weight excluding hydrogens is 719 g/mol. The number of amides is 1. The van der Waals surface area contributed by atoms with Gasteiger partial charge < -0.3 is 20.3 Å². The molecule has 0 aliphatic carbocycles. The number of esters is 1. The van der Waals surface area contributed by atoms with Crippen molar-refractivity contribution in [1.29, 1.82) is 0 Å². The van der Waals surface area contributed by atoms with E-state index in [0.717, 1.165) is 70.6 Å². The highest BCUT2D eigenvalue weighted by atomic mass is 16.5. The average Bonchev–Trinajstić information content (AvgIpc) is 3.22. The molecule has 0 spiro atoms. The zero-order valence-electron chi connectivity index (χ0n) is 39.0. The molecule has 0 heterocycles. The molecule has 0 radical (unpaired) electrons. The van der Waals surface area contributed by atoms with E-state index in [9.17, 15) is 19.8 Å². The summed E-state index contributed by atoms with van der Waals surface area (Å²) in [6.45, 7) is 4.91. The van der Waals surface area contributed by atoms with Gasteiger partial charge in [-0.15, -0.1) is 0 Å². The third-order valence-electron chi connectivity index (χ3n) is 12.1. The van der Waals surface area contributed by atoms with E-state index < -0.39 is 12.1 Å². The molecule has 3 N–H and O–H groups in total. The molecule has 0 saturated carbocycles. The number of allylic oxidation sites excluding steroid dienone is 2. The summed E-state index contributed by atoms with van der Waals surface area (Å²) in [6, 6.07) is -0.559. The van der Waals surface area contributed by atoms with Crippen LogP contribution in [0.25, 0.3) is 0 Å². The topological polar surface area (TPSA) is 95.9 Å². The number of carbonyl (C=O) groups is 2. The SMILES string of the molecule is CCCCCCCCCCCCCCCCCCC(=O)OCCCCCCCC/C=C\CCCCCC(=O)NC(CO)C(O)CCCCCCCCCCCCCC. The third kappa shape index (κ3) is 44.2. The lowest BCUT2D eigenvalue weighted by Crippen LogP contribution is -2.45. The van der Waals surface area contributed by atoms with Crippen molar-refractivity contribution in [3.63, 3.8) is 0 Å². The molecule has 0 aromatic carbocycles. The Morgan fingerprint density at radius 1 is 0.466 bits per heavy atom. The molecular formula is C52H101NO5. The monoisotopic (exact) mass is 820 g/mol. The molecule has 344 valence electrons. The minimum absolute atomic E-state index is 0.00912. The second-order valence-corrected chi connectivity index (χ2v) is 17.9. The number of nitrogens with one attached hydrogen (secondary N) is 1. The predicted molar refractivity (Wildman–Crippen MR) is 250 cm³/mol. The van der Waals surface area contributed by atoms with Crippen molar-refractivity contribution in [2.45, 2.75) is 296 Å². The summed E-state index contributed by atoms with van der Waals surface area (Å²) < 4.78 is 5.46. The van der Waals surface area contributed by atoms with Crippen LogP contribution in [0.5, 0.6) is 0 Å². The van der Waals surface area contributed by atoms with Crippen LogP contribution < -0.4 is 5.32 Å². The van der Waals surface area contributed by atoms with Crippen molar-refractivity contribution in [2.75, 3.05) is 13.2 Å². The van der Waals surface area contributed by atoms with Crippen LogP contribution in [0, 0.1) is 0 Å². The zero-order valence-corrected chi connectivity index (χ0v) is 39.0. The molecule has 0 aromatic rings. The number of aliphatic hydroxyl groups excluding tert-OH is 2. The highest BCUT2D eigenvalue weighted by Gasteiger charge is 2.20. The molecule has 0 aromatic heterocycles. The largest absolute Gasteiger partial charge is 0.466 e. The summed E-state index contributed by atoms with van der Waals surface area (Å²) in [5, 5.41) is 23.1. The number of aliphatic hydroxyl groups is 2. The Kier molecular flexibility index (Phi) is 47.1. The number of hydrogen-bond acceptors (Lipinski definition) is 5. The van der Waals surface area contributed by atoms with Crippen molar-refractivity contribution in [3.05, 3.63) is 12.2 Å². The molecule has 0 aliphatic rings. The number of ether oxygens (including phenoxy) is 1. The summed E-state index contributed by atoms with van der Waals surface area (Å²) in [4.78, 5) is 24.4. The molecule has 1 amide bonds. The highest BCUT2D eigenvalue weighted by Crippen LogP contribution is 2.16. The quantitative estimate of drug-likeness (QED) is 0.0323. The summed E-state index contributed by atoms with van der Waals surface area (Å²) in [6.07, 6.45) is 54.7. The minimum Gasteiger partial charge on any atom is -0.466 e. The normalized spacial score (nSPS) is 12.7. The van der Waals surface area contributed by atoms with E-state index in [2.05, 4.69) is 31.3 Å². The fourth-order valence-electron chi connectivity index (χ4n) is 8.05. The van der Waals surface area contributed by atoms with Crippen molar-refractivity contribution >= 4 is 11.9 Å². The minimum atomic E-state index is -0.679. The van der Waals surface area contributed by atoms with Crippen molar-refractivity contribution in [2.24, 2.45) is 0 Å². The number of unbranched alkanes of at least 4 members (excludes halogenated alkanes) is 35. The molecule has 6 nitrogen and oxygen atoms in total. The Bertz CT molecular complexity index is 863. The fraction of sp³-hybridized carbons (Fsp3) is 0.923. The molecule has 0 fully saturated rings. The van der Waals surface area contributed by atoms with Crippen LogP contribution in [0.15, 0.2) is 12.2 Å². The Labute approximate surface area is 361 Å². The Morgan fingerprint density at radius 2 is 0.810 bits per heavy atom. The van der Waals surface area contributed by atoms with Gasteiger partial charge in [0.1, 0.15) is 0 Å². The summed E-state index contributed by atoms with van der Waals surface area (Å²) >= 11 is 0. The smallest absolute Gasteiger partial charge is 0.305 e. The number of carbonyl (C=O) groups excluding carboxylic acids is 2. The van der Waals surface area contributed by atoms with Crippen molar-refractivity contribution < 1.29 is 24.5 Å². The van der Waals surface area contributed by atoms with Gasteiger partial charge in [0, 0.05) is 12.8 Å². The van der Waals surface area contributed by atoms with Gasteiger partial charge in [-0.1, -0.05) is 231 Å². The average molecular weight is 820 g/mol. The molecule has 0 bridgehead atoms. The maximum absolute atomic E-state index is 12.4. The van der Waals surface area contributed by atoms with E-state index in [1.165, 1.54) is 180 Å². The standard InChI is InChI=1S/C52H101NO5/c1-3-5-7-9-11-13-15-17-18-19-22-26-30-34-38-42-46-52(57)58-47-43-39-35-31-27-23-20-21-25-29-33-37-41-45-51(56)53-49(48-54)50(55)44-40-36-32-28-24-16-14-12-10-8-6-4-2/h21,25,49-50,54-55H,3-20,22-24,26-48H2,1-2H3,(H,53,56)/b25-21-. The van der Waals surface area contributed by atoms with Crippen molar-refractivity contribution in [3.8, 4) is 0 Å². The maximum Gasteiger partial charge on any atom is 0.305 e. The van der Waals surface area contributed by atoms with Crippen LogP contribution in [0.3, 0.4) is 0 Å². The van der Waals surface area contributed by atoms with Gasteiger partial charge >= 0.3 is 5.97 Å². The van der Waals surface area contributed by atoms with Gasteiger partial charge in [-0.2, -0.15) is 0 Å². The van der Waals surface area contributed by atoms with Crippen LogP contribution in [0.2, 0.25) is 0 Å². The van der Waals surface area contributed by atoms with E-state index in [4.69, 9.17) is 4.74 Å². The van der Waals surface area contributed by atoms with Gasteiger partial charge in [0.25, 0.3) is 0 Å². The predicted octanol–water partition coefficient (Wildman–Crippen LogP) is 15.3. The van der Waals surface area contributed by atoms with Crippen LogP contribution >= 0.6 is 0 Å². The maximum atomic E-state index is 12.4. The first kappa shape index (κ1) is 56.6. The molecule has 0 aliphatic heterocycles. The van der Waals surface area contributed by atoms with E-state index in [0.29, 0.717) is 25.9 Å². The van der Waals surface area contributed by atoms with Crippen LogP contribution in [-0.4, -0.2) is 47.4 Å². The van der Waals surface area contributed by atoms with Crippen LogP contribution in [-0.2, 0) is 14.3 Å². The van der Waals surface area contributed by atoms with Gasteiger partial charge in [-0.05, 0) is 51.4 Å². The summed E-state index contributed by atoms with van der Waals surface area (Å²) in [5.74, 6) is -0.0738. The fourth-order valence-corrected chi connectivity index (χ4v) is 8.05. The molecule has 2 atom stereocenters. The van der Waals surface area contributed by atoms with E-state index >= 15 is 0 Å². The molecule has 0 saturated heterocycles. The third-order valence-corrected chi connectivity index (χ3v) is 12.1. The summed E-state index contributed by atoms with van der Waals surface area (Å²) in [5.41, 5.74) is 0. The van der Waals surface area contributed by atoms with Gasteiger partial charge in [0.05, 0.1) is 25.4 Å². The van der Waals surface area contributed by atoms with Crippen LogP contribution in [0.1, 0.15) is 284 Å². The lowest BCUT2D eigenvalue weighted by molar-refractivity contribution is -0.143. The Balaban J connectivity index is 3.46. The second-order valence-electron chi connectivity index (χ2n) is 17.9. The highest BCUT2D eigenvalue weighted by molar-refractivity contribution is 5.76. The molecule has 2 unspecified atom stereocenters. The molecule has 58 heavy (non-hydrogen) atoms. The molecule has 6 heteroatoms. The van der Waals surface area contributed by atoms with Gasteiger partial charge in [-0.25, -0.2) is 0 Å². The van der Waals surface area contributed by atoms with E-state index in [1.807, 2.05) is 0 Å². The second kappa shape index (κ2) is 48.3. The van der Waals surface area contributed by atoms with E-state index in [1.54, 1.807) is 0 Å². The number of hydrogen-bond donors (Lipinski definition) is 3. The zero-order chi connectivity index (χ0) is 42.3. The van der Waals surface area contributed by atoms with E-state index in [-0.39, 0.29) is 18.5 Å². The van der Waals surface area contributed by atoms with Gasteiger partial charge in [-0.3, -0.25) is 9.59 Å². The van der Waals surface area contributed by atoms with Gasteiger partial charge in [0.15, 0.2) is 0 Å². The number of rotatable bonds is 48. The summed E-state index contributed by atoms with van der Waals surface area (Å²) in [7, 11) is 0. The van der Waals surface area contributed by atoms with Crippen molar-refractivity contribution in [1.82, 2.24) is 5.32 Å². The first-order valence-electron chi connectivity index (χ1n) is 25.9. The van der Waals surface area contributed by atoms with Crippen LogP contribution in [0.4, 0.5) is 0 Å². The first-order valence-corrected chi connectivity index (χ1v) is 25.9. The Hall–Kier alpha value is -1.40. The first-order chi connectivity index (χ1) is 28.5. The Morgan fingerprint density at radius 3 is 1.24 bits per heavy atom.